The highest BCUT2D eigenvalue weighted by atomic mass is 16.3. The van der Waals surface area contributed by atoms with Crippen molar-refractivity contribution in [2.75, 3.05) is 19.6 Å². The van der Waals surface area contributed by atoms with Crippen LogP contribution in [0.5, 0.6) is 0 Å². The number of nitrogens with zero attached hydrogens (tertiary/aromatic N) is 1. The molecular weight excluding hydrogens is 286 g/mol. The molecule has 3 rings (SSSR count). The quantitative estimate of drug-likeness (QED) is 0.861. The first-order chi connectivity index (χ1) is 11.2. The second-order valence-electron chi connectivity index (χ2n) is 6.23. The molecule has 0 saturated carbocycles. The summed E-state index contributed by atoms with van der Waals surface area (Å²) in [5.74, 6) is 0.372. The van der Waals surface area contributed by atoms with Gasteiger partial charge in [0.05, 0.1) is 6.10 Å². The van der Waals surface area contributed by atoms with Crippen molar-refractivity contribution in [3.05, 3.63) is 71.8 Å². The Balaban J connectivity index is 1.52. The molecule has 1 N–H and O–H groups in total. The highest BCUT2D eigenvalue weighted by Crippen LogP contribution is 2.23. The number of hydrogen-bond donors (Lipinski definition) is 1. The Kier molecular flexibility index (Phi) is 5.21. The van der Waals surface area contributed by atoms with E-state index in [1.54, 1.807) is 0 Å². The first kappa shape index (κ1) is 15.9. The van der Waals surface area contributed by atoms with Crippen LogP contribution < -0.4 is 0 Å². The number of carbonyl (C=O) groups is 1. The van der Waals surface area contributed by atoms with Gasteiger partial charge >= 0.3 is 0 Å². The molecule has 0 unspecified atom stereocenters. The van der Waals surface area contributed by atoms with Crippen LogP contribution in [-0.4, -0.2) is 35.4 Å². The maximum atomic E-state index is 12.5. The maximum Gasteiger partial charge on any atom is 0.166 e. The van der Waals surface area contributed by atoms with Crippen LogP contribution in [0.2, 0.25) is 0 Å². The molecule has 2 aromatic rings. The third kappa shape index (κ3) is 4.06. The van der Waals surface area contributed by atoms with Crippen LogP contribution in [0.15, 0.2) is 60.7 Å². The number of β-amino-alcohol motifs (C(OH)–C–C–N with tert-alkyl or cyclic N) is 1. The number of hydrogen-bond acceptors (Lipinski definition) is 3. The third-order valence-corrected chi connectivity index (χ3v) is 4.63. The minimum atomic E-state index is -0.461. The van der Waals surface area contributed by atoms with E-state index in [4.69, 9.17) is 0 Å². The van der Waals surface area contributed by atoms with E-state index >= 15 is 0 Å². The first-order valence-electron chi connectivity index (χ1n) is 8.28. The van der Waals surface area contributed by atoms with E-state index in [2.05, 4.69) is 4.90 Å². The van der Waals surface area contributed by atoms with E-state index in [-0.39, 0.29) is 11.7 Å². The van der Waals surface area contributed by atoms with Crippen LogP contribution in [0.1, 0.15) is 34.9 Å². The molecule has 0 amide bonds. The first-order valence-corrected chi connectivity index (χ1v) is 8.28. The van der Waals surface area contributed by atoms with Crippen molar-refractivity contribution in [1.82, 2.24) is 4.90 Å². The van der Waals surface area contributed by atoms with Crippen molar-refractivity contribution in [2.24, 2.45) is 5.92 Å². The average Bonchev–Trinajstić information content (AvgIpc) is 2.63. The topological polar surface area (TPSA) is 40.5 Å². The van der Waals surface area contributed by atoms with Gasteiger partial charge in [0.1, 0.15) is 0 Å². The lowest BCUT2D eigenvalue weighted by Gasteiger charge is -2.32. The molecule has 1 aliphatic rings. The molecule has 0 radical (unpaired) electrons. The van der Waals surface area contributed by atoms with Crippen molar-refractivity contribution < 1.29 is 9.90 Å². The molecule has 23 heavy (non-hydrogen) atoms. The molecule has 1 aliphatic heterocycles. The molecule has 1 saturated heterocycles. The Hall–Kier alpha value is -1.97. The lowest BCUT2D eigenvalue weighted by atomic mass is 9.88. The SMILES string of the molecule is O=C(c1ccccc1)C1CCN(C[C@H](O)c2ccccc2)CC1. The van der Waals surface area contributed by atoms with E-state index in [1.807, 2.05) is 60.7 Å². The Morgan fingerprint density at radius 3 is 2.17 bits per heavy atom. The van der Waals surface area contributed by atoms with Gasteiger partial charge in [-0.2, -0.15) is 0 Å². The molecule has 1 heterocycles. The zero-order chi connectivity index (χ0) is 16.1. The fraction of sp³-hybridized carbons (Fsp3) is 0.350. The molecule has 3 nitrogen and oxygen atoms in total. The molecule has 1 fully saturated rings. The van der Waals surface area contributed by atoms with E-state index in [0.717, 1.165) is 37.1 Å². The van der Waals surface area contributed by atoms with Crippen molar-refractivity contribution in [1.29, 1.82) is 0 Å². The van der Waals surface area contributed by atoms with Gasteiger partial charge < -0.3 is 10.0 Å². The van der Waals surface area contributed by atoms with Crippen molar-refractivity contribution >= 4 is 5.78 Å². The second kappa shape index (κ2) is 7.53. The number of carbonyl (C=O) groups excluding carboxylic acids is 1. The van der Waals surface area contributed by atoms with Gasteiger partial charge in [-0.1, -0.05) is 60.7 Å². The number of aliphatic hydroxyl groups excluding tert-OH is 1. The van der Waals surface area contributed by atoms with Crippen LogP contribution >= 0.6 is 0 Å². The lowest BCUT2D eigenvalue weighted by molar-refractivity contribution is 0.0727. The van der Waals surface area contributed by atoms with Gasteiger partial charge in [0.2, 0.25) is 0 Å². The van der Waals surface area contributed by atoms with E-state index in [1.165, 1.54) is 0 Å². The number of benzene rings is 2. The summed E-state index contributed by atoms with van der Waals surface area (Å²) in [5.41, 5.74) is 1.77. The predicted molar refractivity (Wildman–Crippen MR) is 91.3 cm³/mol. The zero-order valence-corrected chi connectivity index (χ0v) is 13.3. The summed E-state index contributed by atoms with van der Waals surface area (Å²) in [6.07, 6.45) is 1.28. The lowest BCUT2D eigenvalue weighted by Crippen LogP contribution is -2.38. The molecule has 1 atom stereocenters. The van der Waals surface area contributed by atoms with Crippen molar-refractivity contribution in [3.8, 4) is 0 Å². The monoisotopic (exact) mass is 309 g/mol. The van der Waals surface area contributed by atoms with Gasteiger partial charge in [-0.3, -0.25) is 4.79 Å². The Bertz CT molecular complexity index is 619. The number of likely N-dealkylation sites (tertiary alicyclic amines) is 1. The van der Waals surface area contributed by atoms with Crippen LogP contribution in [0.3, 0.4) is 0 Å². The Labute approximate surface area is 137 Å². The van der Waals surface area contributed by atoms with E-state index in [9.17, 15) is 9.90 Å². The predicted octanol–water partition coefficient (Wildman–Crippen LogP) is 3.31. The molecular formula is C20H23NO2. The second-order valence-corrected chi connectivity index (χ2v) is 6.23. The van der Waals surface area contributed by atoms with Gasteiger partial charge in [0.15, 0.2) is 5.78 Å². The molecule has 0 spiro atoms. The standard InChI is InChI=1S/C20H23NO2/c22-19(16-7-3-1-4-8-16)15-21-13-11-18(12-14-21)20(23)17-9-5-2-6-10-17/h1-10,18-19,22H,11-15H2/t19-/m0/s1. The van der Waals surface area contributed by atoms with Gasteiger partial charge in [-0.05, 0) is 31.5 Å². The average molecular weight is 309 g/mol. The summed E-state index contributed by atoms with van der Waals surface area (Å²) >= 11 is 0. The minimum absolute atomic E-state index is 0.113. The largest absolute Gasteiger partial charge is 0.387 e. The van der Waals surface area contributed by atoms with Gasteiger partial charge in [-0.15, -0.1) is 0 Å². The van der Waals surface area contributed by atoms with Crippen LogP contribution in [0, 0.1) is 5.92 Å². The van der Waals surface area contributed by atoms with Crippen molar-refractivity contribution in [3.63, 3.8) is 0 Å². The molecule has 120 valence electrons. The summed E-state index contributed by atoms with van der Waals surface area (Å²) in [7, 11) is 0. The van der Waals surface area contributed by atoms with E-state index < -0.39 is 6.10 Å². The minimum Gasteiger partial charge on any atom is -0.387 e. The van der Waals surface area contributed by atoms with Crippen molar-refractivity contribution in [2.45, 2.75) is 18.9 Å². The highest BCUT2D eigenvalue weighted by molar-refractivity contribution is 5.97. The summed E-state index contributed by atoms with van der Waals surface area (Å²) in [4.78, 5) is 14.7. The zero-order valence-electron chi connectivity index (χ0n) is 13.3. The fourth-order valence-electron chi connectivity index (χ4n) is 3.24. The molecule has 2 aromatic carbocycles. The molecule has 0 aromatic heterocycles. The Morgan fingerprint density at radius 1 is 1.00 bits per heavy atom. The molecule has 0 aliphatic carbocycles. The summed E-state index contributed by atoms with van der Waals surface area (Å²) < 4.78 is 0. The number of aliphatic hydroxyl groups is 1. The number of ketones is 1. The third-order valence-electron chi connectivity index (χ3n) is 4.63. The number of Topliss-reactive ketones (excluding diaryl/α,β-unsaturated/α-hetero) is 1. The van der Waals surface area contributed by atoms with E-state index in [0.29, 0.717) is 6.54 Å². The van der Waals surface area contributed by atoms with Gasteiger partial charge in [0, 0.05) is 18.0 Å². The Morgan fingerprint density at radius 2 is 1.57 bits per heavy atom. The highest BCUT2D eigenvalue weighted by Gasteiger charge is 2.26. The van der Waals surface area contributed by atoms with Crippen LogP contribution in [0.4, 0.5) is 0 Å². The summed E-state index contributed by atoms with van der Waals surface area (Å²) in [5, 5.41) is 10.3. The van der Waals surface area contributed by atoms with Gasteiger partial charge in [-0.25, -0.2) is 0 Å². The normalized spacial score (nSPS) is 17.8. The number of piperidine rings is 1. The smallest absolute Gasteiger partial charge is 0.166 e. The summed E-state index contributed by atoms with van der Waals surface area (Å²) in [6, 6.07) is 19.3. The summed E-state index contributed by atoms with van der Waals surface area (Å²) in [6.45, 7) is 2.37. The van der Waals surface area contributed by atoms with Gasteiger partial charge in [0.25, 0.3) is 0 Å². The number of rotatable bonds is 5. The van der Waals surface area contributed by atoms with Crippen LogP contribution in [-0.2, 0) is 0 Å². The maximum absolute atomic E-state index is 12.5. The molecule has 0 bridgehead atoms. The fourth-order valence-corrected chi connectivity index (χ4v) is 3.24. The molecule has 3 heteroatoms. The van der Waals surface area contributed by atoms with Crippen LogP contribution in [0.25, 0.3) is 0 Å².